The molecule has 0 saturated carbocycles. The number of sulfonamides is 1. The maximum Gasteiger partial charge on any atom is 0.309 e. The van der Waals surface area contributed by atoms with Crippen LogP contribution < -0.4 is 15.4 Å². The maximum atomic E-state index is 13.2. The summed E-state index contributed by atoms with van der Waals surface area (Å²) in [6.45, 7) is 0.720. The van der Waals surface area contributed by atoms with Crippen molar-refractivity contribution in [1.29, 1.82) is 0 Å². The first-order valence-corrected chi connectivity index (χ1v) is 12.2. The zero-order valence-corrected chi connectivity index (χ0v) is 19.2. The number of halogens is 1. The van der Waals surface area contributed by atoms with Gasteiger partial charge in [0.05, 0.1) is 12.0 Å². The van der Waals surface area contributed by atoms with E-state index in [4.69, 9.17) is 4.74 Å². The summed E-state index contributed by atoms with van der Waals surface area (Å²) in [6.07, 6.45) is 2.63. The van der Waals surface area contributed by atoms with Crippen LogP contribution in [-0.4, -0.2) is 50.8 Å². The van der Waals surface area contributed by atoms with Crippen molar-refractivity contribution in [2.75, 3.05) is 20.2 Å². The number of amides is 2. The second kappa shape index (κ2) is 11.2. The van der Waals surface area contributed by atoms with E-state index in [-0.39, 0.29) is 24.0 Å². The number of hydrogen-bond acceptors (Lipinski definition) is 5. The van der Waals surface area contributed by atoms with Gasteiger partial charge in [-0.15, -0.1) is 0 Å². The Kier molecular flexibility index (Phi) is 8.40. The Morgan fingerprint density at radius 2 is 1.70 bits per heavy atom. The quantitative estimate of drug-likeness (QED) is 0.567. The molecule has 0 aromatic heterocycles. The molecule has 0 radical (unpaired) electrons. The van der Waals surface area contributed by atoms with Gasteiger partial charge < -0.3 is 15.4 Å². The average molecular weight is 478 g/mol. The Hall–Kier alpha value is -2.98. The van der Waals surface area contributed by atoms with Gasteiger partial charge in [0.25, 0.3) is 0 Å². The summed E-state index contributed by atoms with van der Waals surface area (Å²) in [7, 11) is -2.21. The summed E-state index contributed by atoms with van der Waals surface area (Å²) < 4.78 is 45.7. The Morgan fingerprint density at radius 3 is 2.36 bits per heavy atom. The molecule has 8 nitrogen and oxygen atoms in total. The number of carbonyl (C=O) groups is 2. The summed E-state index contributed by atoms with van der Waals surface area (Å²) in [5.74, 6) is -1.34. The van der Waals surface area contributed by atoms with Gasteiger partial charge in [0.2, 0.25) is 10.0 Å². The molecule has 2 amide bonds. The van der Waals surface area contributed by atoms with Crippen LogP contribution in [0.4, 0.5) is 4.39 Å². The molecule has 1 atom stereocenters. The van der Waals surface area contributed by atoms with Gasteiger partial charge in [0.15, 0.2) is 0 Å². The average Bonchev–Trinajstić information content (AvgIpc) is 2.83. The van der Waals surface area contributed by atoms with E-state index in [9.17, 15) is 22.4 Å². The van der Waals surface area contributed by atoms with Gasteiger partial charge in [0, 0.05) is 25.7 Å². The first-order chi connectivity index (χ1) is 15.8. The summed E-state index contributed by atoms with van der Waals surface area (Å²) in [6, 6.07) is 11.5. The van der Waals surface area contributed by atoms with Gasteiger partial charge in [-0.1, -0.05) is 18.6 Å². The Bertz CT molecular complexity index is 1060. The smallest absolute Gasteiger partial charge is 0.309 e. The highest BCUT2D eigenvalue weighted by molar-refractivity contribution is 7.89. The molecule has 178 valence electrons. The molecule has 1 fully saturated rings. The van der Waals surface area contributed by atoms with Crippen molar-refractivity contribution in [3.8, 4) is 5.75 Å². The van der Waals surface area contributed by atoms with E-state index in [1.54, 1.807) is 31.4 Å². The SMILES string of the molecule is COc1ccc(CNC(=O)C(=O)NCCC2CCCCN2S(=O)(=O)c2ccc(F)cc2)cc1. The topological polar surface area (TPSA) is 105 Å². The molecular weight excluding hydrogens is 449 g/mol. The molecule has 2 N–H and O–H groups in total. The molecule has 0 aliphatic carbocycles. The van der Waals surface area contributed by atoms with Crippen LogP contribution in [0.1, 0.15) is 31.2 Å². The van der Waals surface area contributed by atoms with Crippen LogP contribution in [0.25, 0.3) is 0 Å². The predicted octanol–water partition coefficient (Wildman–Crippen LogP) is 2.20. The number of piperidine rings is 1. The maximum absolute atomic E-state index is 13.2. The molecule has 1 heterocycles. The third-order valence-corrected chi connectivity index (χ3v) is 7.54. The summed E-state index contributed by atoms with van der Waals surface area (Å²) in [4.78, 5) is 24.2. The van der Waals surface area contributed by atoms with E-state index in [0.717, 1.165) is 30.5 Å². The second-order valence-electron chi connectivity index (χ2n) is 7.79. The van der Waals surface area contributed by atoms with E-state index in [1.807, 2.05) is 0 Å². The Morgan fingerprint density at radius 1 is 1.03 bits per heavy atom. The number of benzene rings is 2. The highest BCUT2D eigenvalue weighted by Gasteiger charge is 2.33. The lowest BCUT2D eigenvalue weighted by atomic mass is 10.0. The first kappa shape index (κ1) is 24.7. The Balaban J connectivity index is 1.50. The molecule has 1 aliphatic rings. The minimum atomic E-state index is -3.77. The standard InChI is InChI=1S/C23H28FN3O5S/c1-32-20-9-5-17(6-10-20)16-26-23(29)22(28)25-14-13-19-4-2-3-15-27(19)33(30,31)21-11-7-18(24)8-12-21/h5-12,19H,2-4,13-16H2,1H3,(H,25,28)(H,26,29). The zero-order valence-electron chi connectivity index (χ0n) is 18.4. The van der Waals surface area contributed by atoms with E-state index in [1.165, 1.54) is 16.4 Å². The number of ether oxygens (including phenoxy) is 1. The van der Waals surface area contributed by atoms with Crippen LogP contribution in [-0.2, 0) is 26.2 Å². The van der Waals surface area contributed by atoms with Gasteiger partial charge in [-0.25, -0.2) is 12.8 Å². The highest BCUT2D eigenvalue weighted by atomic mass is 32.2. The normalized spacial score (nSPS) is 16.7. The number of nitrogens with one attached hydrogen (secondary N) is 2. The summed E-state index contributed by atoms with van der Waals surface area (Å²) in [5, 5.41) is 5.12. The molecule has 1 saturated heterocycles. The van der Waals surface area contributed by atoms with Crippen LogP contribution in [0, 0.1) is 5.82 Å². The largest absolute Gasteiger partial charge is 0.497 e. The number of rotatable bonds is 8. The zero-order chi connectivity index (χ0) is 23.8. The monoisotopic (exact) mass is 477 g/mol. The third kappa shape index (κ3) is 6.52. The minimum Gasteiger partial charge on any atom is -0.497 e. The minimum absolute atomic E-state index is 0.0396. The van der Waals surface area contributed by atoms with Gasteiger partial charge in [-0.2, -0.15) is 4.31 Å². The number of nitrogens with zero attached hydrogens (tertiary/aromatic N) is 1. The molecule has 10 heteroatoms. The van der Waals surface area contributed by atoms with E-state index >= 15 is 0 Å². The van der Waals surface area contributed by atoms with Crippen LogP contribution >= 0.6 is 0 Å². The molecule has 2 aromatic carbocycles. The van der Waals surface area contributed by atoms with Crippen molar-refractivity contribution >= 4 is 21.8 Å². The summed E-state index contributed by atoms with van der Waals surface area (Å²) >= 11 is 0. The third-order valence-electron chi connectivity index (χ3n) is 5.57. The lowest BCUT2D eigenvalue weighted by Gasteiger charge is -2.34. The Labute approximate surface area is 193 Å². The van der Waals surface area contributed by atoms with Gasteiger partial charge in [0.1, 0.15) is 11.6 Å². The van der Waals surface area contributed by atoms with Crippen molar-refractivity contribution in [2.45, 2.75) is 43.2 Å². The van der Waals surface area contributed by atoms with Crippen molar-refractivity contribution in [3.05, 3.63) is 59.9 Å². The van der Waals surface area contributed by atoms with Gasteiger partial charge in [-0.3, -0.25) is 9.59 Å². The fraction of sp³-hybridized carbons (Fsp3) is 0.391. The van der Waals surface area contributed by atoms with Crippen LogP contribution in [0.2, 0.25) is 0 Å². The van der Waals surface area contributed by atoms with E-state index in [0.29, 0.717) is 25.1 Å². The van der Waals surface area contributed by atoms with Crippen molar-refractivity contribution in [3.63, 3.8) is 0 Å². The van der Waals surface area contributed by atoms with Crippen LogP contribution in [0.3, 0.4) is 0 Å². The molecule has 2 aromatic rings. The lowest BCUT2D eigenvalue weighted by Crippen LogP contribution is -2.46. The molecule has 1 aliphatic heterocycles. The van der Waals surface area contributed by atoms with Crippen LogP contribution in [0.5, 0.6) is 5.75 Å². The number of carbonyl (C=O) groups excluding carboxylic acids is 2. The molecule has 3 rings (SSSR count). The fourth-order valence-electron chi connectivity index (χ4n) is 3.76. The van der Waals surface area contributed by atoms with E-state index in [2.05, 4.69) is 10.6 Å². The number of hydrogen-bond donors (Lipinski definition) is 2. The number of methoxy groups -OCH3 is 1. The lowest BCUT2D eigenvalue weighted by molar-refractivity contribution is -0.139. The van der Waals surface area contributed by atoms with Gasteiger partial charge >= 0.3 is 11.8 Å². The molecule has 0 bridgehead atoms. The summed E-state index contributed by atoms with van der Waals surface area (Å²) in [5.41, 5.74) is 0.820. The van der Waals surface area contributed by atoms with Crippen molar-refractivity contribution in [1.82, 2.24) is 14.9 Å². The molecule has 33 heavy (non-hydrogen) atoms. The van der Waals surface area contributed by atoms with Crippen molar-refractivity contribution < 1.29 is 27.1 Å². The first-order valence-electron chi connectivity index (χ1n) is 10.8. The molecule has 0 spiro atoms. The second-order valence-corrected chi connectivity index (χ2v) is 9.69. The molecular formula is C23H28FN3O5S. The molecule has 1 unspecified atom stereocenters. The van der Waals surface area contributed by atoms with Gasteiger partial charge in [-0.05, 0) is 61.2 Å². The van der Waals surface area contributed by atoms with E-state index < -0.39 is 27.7 Å². The van der Waals surface area contributed by atoms with Crippen LogP contribution in [0.15, 0.2) is 53.4 Å². The highest BCUT2D eigenvalue weighted by Crippen LogP contribution is 2.27. The fourth-order valence-corrected chi connectivity index (χ4v) is 5.48. The predicted molar refractivity (Wildman–Crippen MR) is 120 cm³/mol. The van der Waals surface area contributed by atoms with Crippen molar-refractivity contribution in [2.24, 2.45) is 0 Å².